The predicted octanol–water partition coefficient (Wildman–Crippen LogP) is 4.59. The second-order valence-electron chi connectivity index (χ2n) is 6.53. The lowest BCUT2D eigenvalue weighted by Crippen LogP contribution is -2.30. The van der Waals surface area contributed by atoms with Crippen molar-refractivity contribution in [2.45, 2.75) is 59.9 Å². The molecule has 1 rings (SSSR count). The van der Waals surface area contributed by atoms with Gasteiger partial charge in [-0.2, -0.15) is 0 Å². The van der Waals surface area contributed by atoms with E-state index in [1.165, 1.54) is 30.4 Å². The molecule has 0 saturated carbocycles. The summed E-state index contributed by atoms with van der Waals surface area (Å²) in [6.45, 7) is 12.5. The van der Waals surface area contributed by atoms with Gasteiger partial charge in [0.1, 0.15) is 0 Å². The Morgan fingerprint density at radius 3 is 2.26 bits per heavy atom. The number of rotatable bonds is 8. The zero-order valence-electron chi connectivity index (χ0n) is 13.4. The van der Waals surface area contributed by atoms with E-state index in [1.54, 1.807) is 0 Å². The molecule has 1 N–H and O–H groups in total. The van der Waals surface area contributed by atoms with Crippen molar-refractivity contribution in [1.29, 1.82) is 0 Å². The third-order valence-electron chi connectivity index (χ3n) is 3.74. The van der Waals surface area contributed by atoms with E-state index in [0.29, 0.717) is 6.04 Å². The van der Waals surface area contributed by atoms with Crippen molar-refractivity contribution in [3.05, 3.63) is 35.4 Å². The second-order valence-corrected chi connectivity index (χ2v) is 6.53. The van der Waals surface area contributed by atoms with Gasteiger partial charge in [-0.25, -0.2) is 0 Å². The number of aryl methyl sites for hydroxylation is 1. The summed E-state index contributed by atoms with van der Waals surface area (Å²) in [7, 11) is 0. The van der Waals surface area contributed by atoms with Gasteiger partial charge in [0.05, 0.1) is 0 Å². The average molecular weight is 261 g/mol. The van der Waals surface area contributed by atoms with Gasteiger partial charge in [-0.1, -0.05) is 58.4 Å². The first kappa shape index (κ1) is 16.2. The molecule has 1 unspecified atom stereocenters. The Kier molecular flexibility index (Phi) is 7.15. The van der Waals surface area contributed by atoms with Gasteiger partial charge in [0.2, 0.25) is 0 Å². The van der Waals surface area contributed by atoms with Gasteiger partial charge in [-0.3, -0.25) is 0 Å². The van der Waals surface area contributed by atoms with Crippen LogP contribution in [0.15, 0.2) is 24.3 Å². The van der Waals surface area contributed by atoms with Crippen LogP contribution in [-0.4, -0.2) is 12.6 Å². The molecule has 0 bridgehead atoms. The van der Waals surface area contributed by atoms with E-state index in [-0.39, 0.29) is 0 Å². The van der Waals surface area contributed by atoms with Crippen LogP contribution in [0.1, 0.15) is 51.7 Å². The molecule has 1 aromatic carbocycles. The first-order valence-corrected chi connectivity index (χ1v) is 7.77. The molecule has 0 spiro atoms. The van der Waals surface area contributed by atoms with Crippen LogP contribution in [0, 0.1) is 18.8 Å². The summed E-state index contributed by atoms with van der Waals surface area (Å²) in [5.74, 6) is 1.56. The summed E-state index contributed by atoms with van der Waals surface area (Å²) in [4.78, 5) is 0. The van der Waals surface area contributed by atoms with Gasteiger partial charge in [-0.05, 0) is 49.3 Å². The van der Waals surface area contributed by atoms with Gasteiger partial charge >= 0.3 is 0 Å². The van der Waals surface area contributed by atoms with Crippen LogP contribution in [0.5, 0.6) is 0 Å². The van der Waals surface area contributed by atoms with Gasteiger partial charge < -0.3 is 5.32 Å². The number of benzene rings is 1. The quantitative estimate of drug-likeness (QED) is 0.722. The Labute approximate surface area is 119 Å². The van der Waals surface area contributed by atoms with Crippen LogP contribution in [0.2, 0.25) is 0 Å². The summed E-state index contributed by atoms with van der Waals surface area (Å²) in [5, 5.41) is 3.61. The summed E-state index contributed by atoms with van der Waals surface area (Å²) < 4.78 is 0. The van der Waals surface area contributed by atoms with Crippen LogP contribution in [-0.2, 0) is 6.42 Å². The highest BCUT2D eigenvalue weighted by molar-refractivity contribution is 5.25. The average Bonchev–Trinajstić information content (AvgIpc) is 2.34. The maximum Gasteiger partial charge on any atom is 0.00104 e. The van der Waals surface area contributed by atoms with Crippen molar-refractivity contribution in [2.24, 2.45) is 11.8 Å². The third kappa shape index (κ3) is 6.77. The fourth-order valence-corrected chi connectivity index (χ4v) is 2.40. The number of hydrogen-bond acceptors (Lipinski definition) is 1. The van der Waals surface area contributed by atoms with Gasteiger partial charge in [0, 0.05) is 6.04 Å². The lowest BCUT2D eigenvalue weighted by Gasteiger charge is -2.21. The second kappa shape index (κ2) is 8.37. The standard InChI is InChI=1S/C18H31N/c1-14(2)10-11-17(13-19-15(3)4)12-18-9-7-6-8-16(18)5/h6-9,14-15,17,19H,10-13H2,1-5H3. The molecule has 1 nitrogen and oxygen atoms in total. The fraction of sp³-hybridized carbons (Fsp3) is 0.667. The molecule has 0 aliphatic carbocycles. The van der Waals surface area contributed by atoms with Crippen LogP contribution < -0.4 is 5.32 Å². The topological polar surface area (TPSA) is 12.0 Å². The molecule has 0 radical (unpaired) electrons. The van der Waals surface area contributed by atoms with Crippen molar-refractivity contribution < 1.29 is 0 Å². The Morgan fingerprint density at radius 2 is 1.68 bits per heavy atom. The molecule has 0 aliphatic heterocycles. The first-order chi connectivity index (χ1) is 8.99. The van der Waals surface area contributed by atoms with E-state index in [4.69, 9.17) is 0 Å². The van der Waals surface area contributed by atoms with E-state index < -0.39 is 0 Å². The smallest absolute Gasteiger partial charge is 0.00104 e. The molecular weight excluding hydrogens is 230 g/mol. The lowest BCUT2D eigenvalue weighted by molar-refractivity contribution is 0.385. The summed E-state index contributed by atoms with van der Waals surface area (Å²) >= 11 is 0. The Bertz CT molecular complexity index is 342. The summed E-state index contributed by atoms with van der Waals surface area (Å²) in [5.41, 5.74) is 2.95. The van der Waals surface area contributed by atoms with E-state index in [9.17, 15) is 0 Å². The zero-order valence-corrected chi connectivity index (χ0v) is 13.4. The van der Waals surface area contributed by atoms with Crippen molar-refractivity contribution in [2.75, 3.05) is 6.54 Å². The Morgan fingerprint density at radius 1 is 1.00 bits per heavy atom. The monoisotopic (exact) mass is 261 g/mol. The maximum atomic E-state index is 3.61. The van der Waals surface area contributed by atoms with Gasteiger partial charge in [0.25, 0.3) is 0 Å². The normalized spacial score (nSPS) is 13.2. The molecule has 0 heterocycles. The van der Waals surface area contributed by atoms with Crippen LogP contribution in [0.3, 0.4) is 0 Å². The molecule has 1 aromatic rings. The van der Waals surface area contributed by atoms with Crippen molar-refractivity contribution >= 4 is 0 Å². The minimum absolute atomic E-state index is 0.582. The molecule has 108 valence electrons. The van der Waals surface area contributed by atoms with Gasteiger partial charge in [-0.15, -0.1) is 0 Å². The minimum atomic E-state index is 0.582. The largest absolute Gasteiger partial charge is 0.314 e. The highest BCUT2D eigenvalue weighted by Gasteiger charge is 2.12. The fourth-order valence-electron chi connectivity index (χ4n) is 2.40. The van der Waals surface area contributed by atoms with E-state index in [1.807, 2.05) is 0 Å². The third-order valence-corrected chi connectivity index (χ3v) is 3.74. The minimum Gasteiger partial charge on any atom is -0.314 e. The molecule has 0 fully saturated rings. The molecule has 0 amide bonds. The summed E-state index contributed by atoms with van der Waals surface area (Å²) in [6.07, 6.45) is 3.86. The van der Waals surface area contributed by atoms with Crippen molar-refractivity contribution in [3.63, 3.8) is 0 Å². The molecule has 0 saturated heterocycles. The van der Waals surface area contributed by atoms with E-state index in [0.717, 1.165) is 18.4 Å². The molecule has 1 atom stereocenters. The number of nitrogens with one attached hydrogen (secondary N) is 1. The maximum absolute atomic E-state index is 3.61. The van der Waals surface area contributed by atoms with Crippen LogP contribution >= 0.6 is 0 Å². The molecular formula is C18H31N. The zero-order chi connectivity index (χ0) is 14.3. The first-order valence-electron chi connectivity index (χ1n) is 7.77. The van der Waals surface area contributed by atoms with Crippen molar-refractivity contribution in [1.82, 2.24) is 5.32 Å². The van der Waals surface area contributed by atoms with Crippen LogP contribution in [0.25, 0.3) is 0 Å². The molecule has 0 aromatic heterocycles. The van der Waals surface area contributed by atoms with Crippen LogP contribution in [0.4, 0.5) is 0 Å². The predicted molar refractivity (Wildman–Crippen MR) is 85.6 cm³/mol. The molecule has 1 heteroatoms. The highest BCUT2D eigenvalue weighted by Crippen LogP contribution is 2.19. The number of hydrogen-bond donors (Lipinski definition) is 1. The highest BCUT2D eigenvalue weighted by atomic mass is 14.9. The Hall–Kier alpha value is -0.820. The Balaban J connectivity index is 2.59. The van der Waals surface area contributed by atoms with Crippen molar-refractivity contribution in [3.8, 4) is 0 Å². The SMILES string of the molecule is Cc1ccccc1CC(CCC(C)C)CNC(C)C. The summed E-state index contributed by atoms with van der Waals surface area (Å²) in [6, 6.07) is 9.39. The van der Waals surface area contributed by atoms with Gasteiger partial charge in [0.15, 0.2) is 0 Å². The molecule has 19 heavy (non-hydrogen) atoms. The van der Waals surface area contributed by atoms with E-state index in [2.05, 4.69) is 64.2 Å². The molecule has 0 aliphatic rings. The van der Waals surface area contributed by atoms with E-state index >= 15 is 0 Å². The lowest BCUT2D eigenvalue weighted by atomic mass is 9.90.